The lowest BCUT2D eigenvalue weighted by atomic mass is 9.87. The molecule has 0 amide bonds. The molecule has 0 aromatic heterocycles. The highest BCUT2D eigenvalue weighted by Crippen LogP contribution is 2.34. The van der Waals surface area contributed by atoms with Crippen LogP contribution in [0.4, 0.5) is 0 Å². The van der Waals surface area contributed by atoms with E-state index in [1.54, 1.807) is 12.1 Å². The minimum atomic E-state index is 0.0602. The highest BCUT2D eigenvalue weighted by atomic mass is 16.5. The van der Waals surface area contributed by atoms with Crippen molar-refractivity contribution in [2.75, 3.05) is 0 Å². The summed E-state index contributed by atoms with van der Waals surface area (Å²) >= 11 is 0. The van der Waals surface area contributed by atoms with Gasteiger partial charge in [-0.3, -0.25) is 0 Å². The molecule has 0 spiro atoms. The first-order valence-electron chi connectivity index (χ1n) is 25.6. The maximum absolute atomic E-state index is 6.47. The summed E-state index contributed by atoms with van der Waals surface area (Å²) in [6.07, 6.45) is 12.3. The van der Waals surface area contributed by atoms with E-state index < -0.39 is 0 Å². The molecular formula is C68H74O6. The fraction of sp³-hybridized carbons (Fsp3) is 0.324. The molecule has 0 aliphatic heterocycles. The largest absolute Gasteiger partial charge is 0.489 e. The second-order valence-electron chi connectivity index (χ2n) is 23.3. The summed E-state index contributed by atoms with van der Waals surface area (Å²) in [5.41, 5.74) is 12.2. The summed E-state index contributed by atoms with van der Waals surface area (Å²) in [5, 5.41) is 0. The molecule has 6 heteroatoms. The molecule has 0 saturated carbocycles. The second kappa shape index (κ2) is 23.1. The third-order valence-electron chi connectivity index (χ3n) is 13.0. The van der Waals surface area contributed by atoms with Crippen LogP contribution in [0.2, 0.25) is 0 Å². The zero-order valence-corrected chi connectivity index (χ0v) is 45.7. The van der Waals surface area contributed by atoms with Crippen molar-refractivity contribution >= 4 is 0 Å². The third kappa shape index (κ3) is 15.3. The smallest absolute Gasteiger partial charge is 0.136 e. The SMILES string of the molecule is C#Cc1cc(OCc2cc(OCc3ccc(C(C)(C)C)cc3)cc(OCc3ccc(C(C)(C)C)cc3)c2)c(C#C)cc1OCc1cc(OCc2ccc(C(C)(C)C)cc2)cc(OCc2ccc(C(C)(C)C)cc2)c1. The summed E-state index contributed by atoms with van der Waals surface area (Å²) in [5.74, 6) is 9.11. The Kier molecular flexibility index (Phi) is 16.9. The minimum Gasteiger partial charge on any atom is -0.489 e. The van der Waals surface area contributed by atoms with E-state index in [1.807, 2.05) is 36.4 Å². The Bertz CT molecular complexity index is 2690. The Morgan fingerprint density at radius 3 is 0.703 bits per heavy atom. The van der Waals surface area contributed by atoms with E-state index in [4.69, 9.17) is 41.3 Å². The van der Waals surface area contributed by atoms with E-state index in [0.29, 0.717) is 72.1 Å². The van der Waals surface area contributed by atoms with Gasteiger partial charge in [-0.1, -0.05) is 192 Å². The maximum Gasteiger partial charge on any atom is 0.136 e. The van der Waals surface area contributed by atoms with Crippen molar-refractivity contribution in [1.82, 2.24) is 0 Å². The van der Waals surface area contributed by atoms with Crippen LogP contribution in [-0.4, -0.2) is 0 Å². The summed E-state index contributed by atoms with van der Waals surface area (Å²) < 4.78 is 38.5. The Hall–Kier alpha value is -7.54. The van der Waals surface area contributed by atoms with E-state index in [0.717, 1.165) is 33.4 Å². The van der Waals surface area contributed by atoms with Crippen molar-refractivity contribution in [3.05, 3.63) is 212 Å². The lowest BCUT2D eigenvalue weighted by Crippen LogP contribution is -2.11. The van der Waals surface area contributed by atoms with Gasteiger partial charge in [-0.05, 0) is 102 Å². The van der Waals surface area contributed by atoms with Gasteiger partial charge in [-0.25, -0.2) is 0 Å². The molecule has 0 fully saturated rings. The minimum absolute atomic E-state index is 0.0602. The summed E-state index contributed by atoms with van der Waals surface area (Å²) in [6.45, 7) is 28.4. The molecule has 0 atom stereocenters. The van der Waals surface area contributed by atoms with Crippen LogP contribution in [0.25, 0.3) is 0 Å². The number of ether oxygens (including phenoxy) is 6. The number of benzene rings is 7. The molecule has 74 heavy (non-hydrogen) atoms. The van der Waals surface area contributed by atoms with Crippen LogP contribution in [0.5, 0.6) is 34.5 Å². The number of rotatable bonds is 18. The first kappa shape index (κ1) is 54.2. The standard InChI is InChI=1S/C68H74O6/c1-15-53-37-64(74-46-52-35-61(71-43-49-21-29-57(30-22-49)67(9,10)11)40-62(36-52)72-44-50-23-31-58(32-24-50)68(12,13)14)54(16-2)38-63(53)73-45-51-33-59(69-41-47-17-25-55(26-18-47)65(3,4)5)39-60(34-51)70-42-48-19-27-56(28-20-48)66(6,7)8/h1-2,17-40H,41-46H2,3-14H3. The van der Waals surface area contributed by atoms with Gasteiger partial charge < -0.3 is 28.4 Å². The normalized spacial score (nSPS) is 11.8. The van der Waals surface area contributed by atoms with Crippen molar-refractivity contribution in [2.45, 2.75) is 144 Å². The van der Waals surface area contributed by atoms with Crippen molar-refractivity contribution in [2.24, 2.45) is 0 Å². The Balaban J connectivity index is 1.08. The molecule has 0 bridgehead atoms. The van der Waals surface area contributed by atoms with Gasteiger partial charge in [-0.2, -0.15) is 0 Å². The van der Waals surface area contributed by atoms with Gasteiger partial charge in [0.15, 0.2) is 0 Å². The molecular weight excluding hydrogens is 913 g/mol. The number of terminal acetylenes is 2. The van der Waals surface area contributed by atoms with Gasteiger partial charge in [0.1, 0.15) is 74.1 Å². The molecule has 7 aromatic rings. The van der Waals surface area contributed by atoms with Gasteiger partial charge in [0.25, 0.3) is 0 Å². The molecule has 0 aliphatic carbocycles. The van der Waals surface area contributed by atoms with Gasteiger partial charge in [-0.15, -0.1) is 12.8 Å². The van der Waals surface area contributed by atoms with Crippen LogP contribution in [0.1, 0.15) is 150 Å². The van der Waals surface area contributed by atoms with E-state index in [9.17, 15) is 0 Å². The zero-order chi connectivity index (χ0) is 53.3. The topological polar surface area (TPSA) is 55.4 Å². The van der Waals surface area contributed by atoms with Crippen LogP contribution in [-0.2, 0) is 61.3 Å². The Morgan fingerprint density at radius 2 is 0.500 bits per heavy atom. The van der Waals surface area contributed by atoms with Gasteiger partial charge in [0.05, 0.1) is 11.1 Å². The van der Waals surface area contributed by atoms with Crippen LogP contribution >= 0.6 is 0 Å². The molecule has 0 saturated heterocycles. The van der Waals surface area contributed by atoms with Gasteiger partial charge >= 0.3 is 0 Å². The first-order valence-corrected chi connectivity index (χ1v) is 25.6. The molecule has 7 aromatic carbocycles. The quantitative estimate of drug-likeness (QED) is 0.0799. The Morgan fingerprint density at radius 1 is 0.284 bits per heavy atom. The fourth-order valence-electron chi connectivity index (χ4n) is 8.18. The average molecular weight is 987 g/mol. The molecule has 6 nitrogen and oxygen atoms in total. The van der Waals surface area contributed by atoms with E-state index in [2.05, 4.69) is 192 Å². The fourth-order valence-corrected chi connectivity index (χ4v) is 8.18. The Labute approximate surface area is 442 Å². The highest BCUT2D eigenvalue weighted by molar-refractivity contribution is 5.58. The number of hydrogen-bond acceptors (Lipinski definition) is 6. The predicted octanol–water partition coefficient (Wildman–Crippen LogP) is 16.3. The molecule has 382 valence electrons. The van der Waals surface area contributed by atoms with Crippen molar-refractivity contribution in [1.29, 1.82) is 0 Å². The predicted molar refractivity (Wildman–Crippen MR) is 302 cm³/mol. The lowest BCUT2D eigenvalue weighted by molar-refractivity contribution is 0.278. The lowest BCUT2D eigenvalue weighted by Gasteiger charge is -2.19. The molecule has 0 aliphatic rings. The number of hydrogen-bond donors (Lipinski definition) is 0. The van der Waals surface area contributed by atoms with Crippen molar-refractivity contribution < 1.29 is 28.4 Å². The zero-order valence-electron chi connectivity index (χ0n) is 45.7. The second-order valence-corrected chi connectivity index (χ2v) is 23.3. The van der Waals surface area contributed by atoms with Gasteiger partial charge in [0.2, 0.25) is 0 Å². The monoisotopic (exact) mass is 987 g/mol. The molecule has 7 rings (SSSR count). The highest BCUT2D eigenvalue weighted by Gasteiger charge is 2.18. The van der Waals surface area contributed by atoms with Crippen molar-refractivity contribution in [3.63, 3.8) is 0 Å². The molecule has 0 heterocycles. The van der Waals surface area contributed by atoms with Crippen LogP contribution in [0.3, 0.4) is 0 Å². The maximum atomic E-state index is 6.47. The first-order chi connectivity index (χ1) is 35.0. The molecule has 0 N–H and O–H groups in total. The molecule has 0 unspecified atom stereocenters. The third-order valence-corrected chi connectivity index (χ3v) is 13.0. The van der Waals surface area contributed by atoms with Crippen molar-refractivity contribution in [3.8, 4) is 59.2 Å². The summed E-state index contributed by atoms with van der Waals surface area (Å²) in [7, 11) is 0. The summed E-state index contributed by atoms with van der Waals surface area (Å²) in [6, 6.07) is 49.4. The van der Waals surface area contributed by atoms with Crippen LogP contribution in [0, 0.1) is 24.7 Å². The van der Waals surface area contributed by atoms with Crippen LogP contribution in [0.15, 0.2) is 146 Å². The van der Waals surface area contributed by atoms with Gasteiger partial charge in [0, 0.05) is 24.3 Å². The van der Waals surface area contributed by atoms with Crippen LogP contribution < -0.4 is 28.4 Å². The average Bonchev–Trinajstić information content (AvgIpc) is 3.36. The van der Waals surface area contributed by atoms with E-state index >= 15 is 0 Å². The molecule has 0 radical (unpaired) electrons. The summed E-state index contributed by atoms with van der Waals surface area (Å²) in [4.78, 5) is 0. The van der Waals surface area contributed by atoms with E-state index in [-0.39, 0.29) is 34.9 Å². The van der Waals surface area contributed by atoms with E-state index in [1.165, 1.54) is 22.3 Å².